The molecule has 1 saturated heterocycles. The van der Waals surface area contributed by atoms with Crippen molar-refractivity contribution in [1.29, 1.82) is 0 Å². The second-order valence-electron chi connectivity index (χ2n) is 8.66. The predicted molar refractivity (Wildman–Crippen MR) is 122 cm³/mol. The number of carbonyl (C=O) groups is 1. The van der Waals surface area contributed by atoms with Gasteiger partial charge in [-0.2, -0.15) is 13.2 Å². The molecule has 0 radical (unpaired) electrons. The molecule has 2 aromatic heterocycles. The maximum atomic E-state index is 14.6. The smallest absolute Gasteiger partial charge is 0.349 e. The maximum Gasteiger partial charge on any atom is 0.451 e. The van der Waals surface area contributed by atoms with Gasteiger partial charge < -0.3 is 5.32 Å². The molecule has 3 aromatic rings. The first-order valence-electron chi connectivity index (χ1n) is 11.4. The largest absolute Gasteiger partial charge is 0.451 e. The number of rotatable bonds is 7. The Labute approximate surface area is 204 Å². The molecule has 3 heterocycles. The van der Waals surface area contributed by atoms with Gasteiger partial charge in [-0.25, -0.2) is 18.7 Å². The summed E-state index contributed by atoms with van der Waals surface area (Å²) in [6.45, 7) is 2.61. The summed E-state index contributed by atoms with van der Waals surface area (Å²) >= 11 is 0. The zero-order valence-electron chi connectivity index (χ0n) is 19.4. The molecule has 0 spiro atoms. The van der Waals surface area contributed by atoms with Gasteiger partial charge in [0.15, 0.2) is 0 Å². The van der Waals surface area contributed by atoms with Gasteiger partial charge in [0, 0.05) is 36.7 Å². The number of carbonyl (C=O) groups excluding carboxylic acids is 1. The van der Waals surface area contributed by atoms with Crippen LogP contribution in [0.5, 0.6) is 0 Å². The molecular weight excluding hydrogens is 481 g/mol. The molecule has 1 aliphatic rings. The van der Waals surface area contributed by atoms with Crippen LogP contribution in [-0.4, -0.2) is 51.1 Å². The lowest BCUT2D eigenvalue weighted by Crippen LogP contribution is -2.47. The molecular formula is C25H24F5N5O. The Morgan fingerprint density at radius 3 is 2.47 bits per heavy atom. The van der Waals surface area contributed by atoms with Crippen molar-refractivity contribution in [2.45, 2.75) is 44.7 Å². The van der Waals surface area contributed by atoms with Crippen LogP contribution in [0.4, 0.5) is 22.0 Å². The lowest BCUT2D eigenvalue weighted by atomic mass is 10.1. The van der Waals surface area contributed by atoms with E-state index in [9.17, 15) is 26.7 Å². The maximum absolute atomic E-state index is 14.6. The highest BCUT2D eigenvalue weighted by molar-refractivity contribution is 5.82. The summed E-state index contributed by atoms with van der Waals surface area (Å²) < 4.78 is 65.9. The Hall–Kier alpha value is -3.47. The van der Waals surface area contributed by atoms with Crippen LogP contribution in [0.25, 0.3) is 11.1 Å². The highest BCUT2D eigenvalue weighted by Gasteiger charge is 2.39. The Morgan fingerprint density at radius 2 is 1.81 bits per heavy atom. The van der Waals surface area contributed by atoms with Crippen LogP contribution in [0, 0.1) is 12.7 Å². The molecule has 1 fully saturated rings. The minimum atomic E-state index is -4.64. The van der Waals surface area contributed by atoms with Crippen LogP contribution in [0.1, 0.15) is 29.2 Å². The molecule has 6 nitrogen and oxygen atoms in total. The van der Waals surface area contributed by atoms with E-state index < -0.39 is 30.1 Å². The fraction of sp³-hybridized carbons (Fsp3) is 0.360. The van der Waals surface area contributed by atoms with Gasteiger partial charge >= 0.3 is 6.18 Å². The third-order valence-corrected chi connectivity index (χ3v) is 5.99. The quantitative estimate of drug-likeness (QED) is 0.486. The molecule has 1 aliphatic heterocycles. The summed E-state index contributed by atoms with van der Waals surface area (Å²) in [6.07, 6.45) is -3.00. The van der Waals surface area contributed by atoms with E-state index in [0.717, 1.165) is 18.0 Å². The molecule has 0 aliphatic carbocycles. The van der Waals surface area contributed by atoms with Crippen molar-refractivity contribution in [3.8, 4) is 11.1 Å². The summed E-state index contributed by atoms with van der Waals surface area (Å²) in [4.78, 5) is 25.8. The topological polar surface area (TPSA) is 71.0 Å². The molecule has 2 unspecified atom stereocenters. The average Bonchev–Trinajstić information content (AvgIpc) is 3.21. The monoisotopic (exact) mass is 505 g/mol. The molecule has 190 valence electrons. The van der Waals surface area contributed by atoms with E-state index in [0.29, 0.717) is 42.0 Å². The molecule has 0 saturated carbocycles. The highest BCUT2D eigenvalue weighted by atomic mass is 19.4. The number of hydrogen-bond donors (Lipinski definition) is 1. The molecule has 4 rings (SSSR count). The first kappa shape index (κ1) is 25.6. The van der Waals surface area contributed by atoms with E-state index in [1.807, 2.05) is 0 Å². The number of amides is 1. The summed E-state index contributed by atoms with van der Waals surface area (Å²) in [7, 11) is 0. The third kappa shape index (κ3) is 6.20. The number of nitrogens with one attached hydrogen (secondary N) is 1. The van der Waals surface area contributed by atoms with Crippen molar-refractivity contribution >= 4 is 5.91 Å². The van der Waals surface area contributed by atoms with E-state index in [1.165, 1.54) is 12.1 Å². The number of halogens is 5. The number of nitrogens with zero attached hydrogens (tertiary/aromatic N) is 4. The minimum absolute atomic E-state index is 0.0179. The number of hydrogen-bond acceptors (Lipinski definition) is 5. The number of likely N-dealkylation sites (tertiary alicyclic amines) is 1. The van der Waals surface area contributed by atoms with Gasteiger partial charge in [0.05, 0.1) is 12.2 Å². The fourth-order valence-corrected chi connectivity index (χ4v) is 4.22. The van der Waals surface area contributed by atoms with E-state index >= 15 is 0 Å². The molecule has 2 atom stereocenters. The summed E-state index contributed by atoms with van der Waals surface area (Å²) in [5, 5.41) is 2.73. The Balaban J connectivity index is 1.40. The lowest BCUT2D eigenvalue weighted by molar-refractivity contribution is -0.145. The SMILES string of the molecule is Cc1cc(-c2cnc(C(F)(F)F)nc2)cc(CNC(=O)C2C(F)CCN2CCc2ccc(F)cc2)n1. The fourth-order valence-electron chi connectivity index (χ4n) is 4.22. The number of pyridine rings is 1. The van der Waals surface area contributed by atoms with Gasteiger partial charge in [0.2, 0.25) is 11.7 Å². The second kappa shape index (κ2) is 10.7. The van der Waals surface area contributed by atoms with Crippen LogP contribution in [-0.2, 0) is 23.9 Å². The van der Waals surface area contributed by atoms with Gasteiger partial charge in [-0.3, -0.25) is 14.7 Å². The first-order valence-corrected chi connectivity index (χ1v) is 11.4. The van der Waals surface area contributed by atoms with Gasteiger partial charge in [-0.15, -0.1) is 0 Å². The van der Waals surface area contributed by atoms with Crippen LogP contribution in [0.2, 0.25) is 0 Å². The van der Waals surface area contributed by atoms with Crippen molar-refractivity contribution in [1.82, 2.24) is 25.2 Å². The zero-order chi connectivity index (χ0) is 25.9. The number of aromatic nitrogens is 3. The molecule has 1 amide bonds. The molecule has 0 bridgehead atoms. The van der Waals surface area contributed by atoms with Crippen LogP contribution < -0.4 is 5.32 Å². The van der Waals surface area contributed by atoms with E-state index in [2.05, 4.69) is 20.3 Å². The van der Waals surface area contributed by atoms with E-state index in [4.69, 9.17) is 0 Å². The predicted octanol–water partition coefficient (Wildman–Crippen LogP) is 4.28. The lowest BCUT2D eigenvalue weighted by Gasteiger charge is -2.24. The van der Waals surface area contributed by atoms with Gasteiger partial charge in [-0.1, -0.05) is 12.1 Å². The summed E-state index contributed by atoms with van der Waals surface area (Å²) in [6, 6.07) is 8.39. The van der Waals surface area contributed by atoms with Crippen LogP contribution in [0.3, 0.4) is 0 Å². The zero-order valence-corrected chi connectivity index (χ0v) is 19.4. The van der Waals surface area contributed by atoms with Crippen molar-refractivity contribution in [2.75, 3.05) is 13.1 Å². The Kier molecular flexibility index (Phi) is 7.58. The summed E-state index contributed by atoms with van der Waals surface area (Å²) in [5.41, 5.74) is 2.85. The average molecular weight is 505 g/mol. The third-order valence-electron chi connectivity index (χ3n) is 5.99. The van der Waals surface area contributed by atoms with Gasteiger partial charge in [-0.05, 0) is 55.2 Å². The van der Waals surface area contributed by atoms with Crippen molar-refractivity contribution in [3.63, 3.8) is 0 Å². The normalized spacial score (nSPS) is 18.4. The minimum Gasteiger partial charge on any atom is -0.349 e. The Bertz CT molecular complexity index is 1200. The summed E-state index contributed by atoms with van der Waals surface area (Å²) in [5.74, 6) is -2.03. The van der Waals surface area contributed by atoms with Crippen molar-refractivity contribution in [2.24, 2.45) is 0 Å². The Morgan fingerprint density at radius 1 is 1.11 bits per heavy atom. The molecule has 1 aromatic carbocycles. The standard InChI is InChI=1S/C25H24F5N5O/c1-15-10-17(18-12-32-24(33-13-18)25(28,29)30)11-20(34-15)14-31-23(36)22-21(27)7-9-35(22)8-6-16-2-4-19(26)5-3-16/h2-5,10-13,21-22H,6-9,14H2,1H3,(H,31,36). The van der Waals surface area contributed by atoms with Crippen molar-refractivity contribution < 1.29 is 26.7 Å². The van der Waals surface area contributed by atoms with Gasteiger partial charge in [0.25, 0.3) is 0 Å². The number of benzene rings is 1. The molecule has 1 N–H and O–H groups in total. The number of alkyl halides is 4. The number of aryl methyl sites for hydroxylation is 1. The van der Waals surface area contributed by atoms with Crippen LogP contribution in [0.15, 0.2) is 48.8 Å². The second-order valence-corrected chi connectivity index (χ2v) is 8.66. The van der Waals surface area contributed by atoms with Crippen LogP contribution >= 0.6 is 0 Å². The van der Waals surface area contributed by atoms with Crippen molar-refractivity contribution in [3.05, 3.63) is 77.4 Å². The van der Waals surface area contributed by atoms with E-state index in [1.54, 1.807) is 36.1 Å². The first-order chi connectivity index (χ1) is 17.1. The highest BCUT2D eigenvalue weighted by Crippen LogP contribution is 2.27. The van der Waals surface area contributed by atoms with E-state index in [-0.39, 0.29) is 18.8 Å². The van der Waals surface area contributed by atoms with Gasteiger partial charge in [0.1, 0.15) is 18.0 Å². The molecule has 36 heavy (non-hydrogen) atoms. The molecule has 11 heteroatoms.